The van der Waals surface area contributed by atoms with Crippen molar-refractivity contribution in [2.75, 3.05) is 19.7 Å². The Kier molecular flexibility index (Phi) is 9.46. The maximum atomic E-state index is 12.7. The molecule has 1 aliphatic carbocycles. The van der Waals surface area contributed by atoms with E-state index in [1.807, 2.05) is 6.92 Å². The molecule has 2 heterocycles. The molecule has 37 heavy (non-hydrogen) atoms. The highest BCUT2D eigenvalue weighted by molar-refractivity contribution is 5.89. The minimum atomic E-state index is -0.394. The van der Waals surface area contributed by atoms with E-state index in [-0.39, 0.29) is 36.4 Å². The number of rotatable bonds is 9. The maximum Gasteiger partial charge on any atom is 0.338 e. The summed E-state index contributed by atoms with van der Waals surface area (Å²) < 4.78 is 17.6. The van der Waals surface area contributed by atoms with Crippen LogP contribution in [0, 0.1) is 0 Å². The molecule has 1 saturated carbocycles. The molecule has 0 unspecified atom stereocenters. The monoisotopic (exact) mass is 528 g/mol. The van der Waals surface area contributed by atoms with Gasteiger partial charge in [-0.25, -0.2) is 4.79 Å². The van der Waals surface area contributed by atoms with Crippen molar-refractivity contribution in [2.24, 2.45) is 0 Å². The van der Waals surface area contributed by atoms with E-state index in [1.54, 1.807) is 24.3 Å². The number of amides is 1. The molecule has 7 nitrogen and oxygen atoms in total. The van der Waals surface area contributed by atoms with E-state index in [2.05, 4.69) is 34.9 Å². The SMILES string of the molecule is C[C@H](NC(=O)[C@H]1CCCO1)[C@H](Oc1ccc(C(=O)O[C@H]2CCCNC2)cc1)c1ccc(C2CC2)cc1.Cl. The van der Waals surface area contributed by atoms with Crippen molar-refractivity contribution in [3.8, 4) is 5.75 Å². The van der Waals surface area contributed by atoms with Crippen molar-refractivity contribution in [1.29, 1.82) is 0 Å². The van der Waals surface area contributed by atoms with Gasteiger partial charge in [0.2, 0.25) is 5.91 Å². The molecular weight excluding hydrogens is 492 g/mol. The molecule has 8 heteroatoms. The van der Waals surface area contributed by atoms with Crippen molar-refractivity contribution >= 4 is 24.3 Å². The van der Waals surface area contributed by atoms with Gasteiger partial charge in [-0.3, -0.25) is 4.79 Å². The zero-order chi connectivity index (χ0) is 24.9. The molecule has 3 aliphatic rings. The topological polar surface area (TPSA) is 85.9 Å². The third-order valence-corrected chi connectivity index (χ3v) is 7.24. The van der Waals surface area contributed by atoms with Gasteiger partial charge >= 0.3 is 5.97 Å². The lowest BCUT2D eigenvalue weighted by Gasteiger charge is -2.27. The lowest BCUT2D eigenvalue weighted by atomic mass is 10.00. The van der Waals surface area contributed by atoms with Gasteiger partial charge in [0.05, 0.1) is 11.6 Å². The van der Waals surface area contributed by atoms with Crippen LogP contribution in [0.15, 0.2) is 48.5 Å². The van der Waals surface area contributed by atoms with Gasteiger partial charge in [-0.1, -0.05) is 24.3 Å². The summed E-state index contributed by atoms with van der Waals surface area (Å²) in [4.78, 5) is 25.3. The second-order valence-electron chi connectivity index (χ2n) is 10.2. The van der Waals surface area contributed by atoms with Crippen LogP contribution in [0.2, 0.25) is 0 Å². The Balaban J connectivity index is 0.00000320. The Morgan fingerprint density at radius 2 is 1.76 bits per heavy atom. The molecule has 3 fully saturated rings. The third kappa shape index (κ3) is 7.24. The van der Waals surface area contributed by atoms with Crippen molar-refractivity contribution in [3.05, 3.63) is 65.2 Å². The number of benzene rings is 2. The van der Waals surface area contributed by atoms with Gasteiger partial charge in [-0.15, -0.1) is 12.4 Å². The highest BCUT2D eigenvalue weighted by Gasteiger charge is 2.30. The van der Waals surface area contributed by atoms with Gasteiger partial charge in [0.1, 0.15) is 24.1 Å². The van der Waals surface area contributed by atoms with E-state index in [9.17, 15) is 9.59 Å². The molecule has 200 valence electrons. The second-order valence-corrected chi connectivity index (χ2v) is 10.2. The Morgan fingerprint density at radius 1 is 1.00 bits per heavy atom. The van der Waals surface area contributed by atoms with Crippen LogP contribution in [0.5, 0.6) is 5.75 Å². The maximum absolute atomic E-state index is 12.7. The number of esters is 1. The molecule has 0 aromatic heterocycles. The van der Waals surface area contributed by atoms with Crippen LogP contribution in [-0.2, 0) is 14.3 Å². The van der Waals surface area contributed by atoms with E-state index in [0.717, 1.165) is 37.8 Å². The van der Waals surface area contributed by atoms with Crippen LogP contribution in [0.4, 0.5) is 0 Å². The Hall–Kier alpha value is -2.61. The summed E-state index contributed by atoms with van der Waals surface area (Å²) in [6, 6.07) is 15.3. The number of hydrogen-bond donors (Lipinski definition) is 2. The fourth-order valence-corrected chi connectivity index (χ4v) is 4.97. The molecule has 2 aromatic rings. The summed E-state index contributed by atoms with van der Waals surface area (Å²) >= 11 is 0. The standard InChI is InChI=1S/C29H36N2O5.ClH/c1-19(31-28(32)26-5-3-17-34-26)27(22-10-8-21(9-11-22)20-6-7-20)35-24-14-12-23(13-15-24)29(33)36-25-4-2-16-30-18-25;/h8-15,19-20,25-27,30H,2-7,16-18H2,1H3,(H,31,32);1H/t19-,25-,26+,27-;/m0./s1. The van der Waals surface area contributed by atoms with E-state index < -0.39 is 12.2 Å². The molecule has 4 atom stereocenters. The highest BCUT2D eigenvalue weighted by Crippen LogP contribution is 2.40. The van der Waals surface area contributed by atoms with Crippen LogP contribution in [0.3, 0.4) is 0 Å². The van der Waals surface area contributed by atoms with Crippen LogP contribution < -0.4 is 15.4 Å². The minimum Gasteiger partial charge on any atom is -0.484 e. The average Bonchev–Trinajstić information content (AvgIpc) is 3.61. The number of carbonyl (C=O) groups excluding carboxylic acids is 2. The van der Waals surface area contributed by atoms with E-state index >= 15 is 0 Å². The van der Waals surface area contributed by atoms with Gasteiger partial charge in [0.25, 0.3) is 0 Å². The normalized spacial score (nSPS) is 22.8. The number of carbonyl (C=O) groups is 2. The fraction of sp³-hybridized carbons (Fsp3) is 0.517. The molecule has 2 aromatic carbocycles. The Bertz CT molecular complexity index is 1030. The van der Waals surface area contributed by atoms with Gasteiger partial charge in [0.15, 0.2) is 0 Å². The third-order valence-electron chi connectivity index (χ3n) is 7.24. The van der Waals surface area contributed by atoms with Crippen molar-refractivity contribution in [3.63, 3.8) is 0 Å². The largest absolute Gasteiger partial charge is 0.484 e. The number of ether oxygens (including phenoxy) is 3. The smallest absolute Gasteiger partial charge is 0.338 e. The first-order chi connectivity index (χ1) is 17.6. The first-order valence-electron chi connectivity index (χ1n) is 13.3. The van der Waals surface area contributed by atoms with Gasteiger partial charge in [-0.2, -0.15) is 0 Å². The van der Waals surface area contributed by atoms with Crippen LogP contribution in [-0.4, -0.2) is 49.8 Å². The van der Waals surface area contributed by atoms with Gasteiger partial charge in [0, 0.05) is 13.2 Å². The quantitative estimate of drug-likeness (QED) is 0.459. The zero-order valence-electron chi connectivity index (χ0n) is 21.3. The summed E-state index contributed by atoms with van der Waals surface area (Å²) in [5.41, 5.74) is 2.84. The predicted octanol–water partition coefficient (Wildman–Crippen LogP) is 4.70. The van der Waals surface area contributed by atoms with E-state index in [1.165, 1.54) is 18.4 Å². The van der Waals surface area contributed by atoms with Gasteiger partial charge < -0.3 is 24.8 Å². The highest BCUT2D eigenvalue weighted by atomic mass is 35.5. The lowest BCUT2D eigenvalue weighted by molar-refractivity contribution is -0.131. The summed E-state index contributed by atoms with van der Waals surface area (Å²) in [5.74, 6) is 0.880. The van der Waals surface area contributed by atoms with Crippen LogP contribution >= 0.6 is 12.4 Å². The summed E-state index contributed by atoms with van der Waals surface area (Å²) in [7, 11) is 0. The summed E-state index contributed by atoms with van der Waals surface area (Å²) in [5, 5.41) is 6.35. The second kappa shape index (κ2) is 12.8. The molecule has 0 radical (unpaired) electrons. The zero-order valence-corrected chi connectivity index (χ0v) is 22.1. The molecule has 5 rings (SSSR count). The number of halogens is 1. The Morgan fingerprint density at radius 3 is 2.38 bits per heavy atom. The van der Waals surface area contributed by atoms with Crippen LogP contribution in [0.25, 0.3) is 0 Å². The van der Waals surface area contributed by atoms with Crippen LogP contribution in [0.1, 0.15) is 79.0 Å². The molecule has 0 spiro atoms. The molecule has 2 saturated heterocycles. The molecule has 1 amide bonds. The lowest BCUT2D eigenvalue weighted by Crippen LogP contribution is -2.44. The number of hydrogen-bond acceptors (Lipinski definition) is 6. The number of piperidine rings is 1. The Labute approximate surface area is 225 Å². The van der Waals surface area contributed by atoms with E-state index in [0.29, 0.717) is 30.4 Å². The molecular formula is C29H37ClN2O5. The predicted molar refractivity (Wildman–Crippen MR) is 143 cm³/mol. The molecule has 2 N–H and O–H groups in total. The van der Waals surface area contributed by atoms with Crippen molar-refractivity contribution < 1.29 is 23.8 Å². The summed E-state index contributed by atoms with van der Waals surface area (Å²) in [6.45, 7) is 4.25. The average molecular weight is 529 g/mol. The molecule has 0 bridgehead atoms. The first kappa shape index (κ1) is 27.4. The minimum absolute atomic E-state index is 0. The number of nitrogens with one attached hydrogen (secondary N) is 2. The fourth-order valence-electron chi connectivity index (χ4n) is 4.97. The van der Waals surface area contributed by atoms with Gasteiger partial charge in [-0.05, 0) is 93.3 Å². The van der Waals surface area contributed by atoms with E-state index in [4.69, 9.17) is 14.2 Å². The van der Waals surface area contributed by atoms with Crippen molar-refractivity contribution in [1.82, 2.24) is 10.6 Å². The van der Waals surface area contributed by atoms with Crippen molar-refractivity contribution in [2.45, 2.75) is 75.7 Å². The first-order valence-corrected chi connectivity index (χ1v) is 13.3. The molecule has 2 aliphatic heterocycles. The summed E-state index contributed by atoms with van der Waals surface area (Å²) in [6.07, 6.45) is 5.17.